The number of alkyl halides is 3. The second kappa shape index (κ2) is 5.70. The largest absolute Gasteiger partial charge is 0.481 e. The van der Waals surface area contributed by atoms with Crippen LogP contribution in [0.5, 0.6) is 5.88 Å². The van der Waals surface area contributed by atoms with Crippen LogP contribution in [0.25, 0.3) is 0 Å². The maximum atomic E-state index is 12.7. The normalized spacial score (nSPS) is 11.2. The van der Waals surface area contributed by atoms with Crippen LogP contribution >= 0.6 is 0 Å². The van der Waals surface area contributed by atoms with Gasteiger partial charge in [-0.3, -0.25) is 4.79 Å². The van der Waals surface area contributed by atoms with Gasteiger partial charge in [0.2, 0.25) is 5.88 Å². The molecule has 0 fully saturated rings. The highest BCUT2D eigenvalue weighted by molar-refractivity contribution is 5.72. The van der Waals surface area contributed by atoms with Gasteiger partial charge >= 0.3 is 12.1 Å². The van der Waals surface area contributed by atoms with Crippen LogP contribution in [0, 0.1) is 0 Å². The van der Waals surface area contributed by atoms with Gasteiger partial charge in [0.25, 0.3) is 0 Å². The average Bonchev–Trinajstić information content (AvgIpc) is 2.27. The number of halogens is 3. The number of esters is 1. The smallest absolute Gasteiger partial charge is 0.418 e. The van der Waals surface area contributed by atoms with E-state index in [1.54, 1.807) is 6.92 Å². The van der Waals surface area contributed by atoms with Crippen LogP contribution in [0.3, 0.4) is 0 Å². The Labute approximate surface area is 102 Å². The van der Waals surface area contributed by atoms with E-state index < -0.39 is 29.8 Å². The van der Waals surface area contributed by atoms with E-state index >= 15 is 0 Å². The van der Waals surface area contributed by atoms with Gasteiger partial charge in [-0.15, -0.1) is 0 Å². The van der Waals surface area contributed by atoms with Gasteiger partial charge in [0.1, 0.15) is 0 Å². The molecule has 0 unspecified atom stereocenters. The third-order valence-electron chi connectivity index (χ3n) is 2.08. The summed E-state index contributed by atoms with van der Waals surface area (Å²) in [4.78, 5) is 14.9. The molecule has 0 aliphatic carbocycles. The number of methoxy groups -OCH3 is 1. The molecule has 0 aromatic carbocycles. The lowest BCUT2D eigenvalue weighted by Gasteiger charge is -2.12. The Hall–Kier alpha value is -1.79. The first-order valence-corrected chi connectivity index (χ1v) is 5.15. The van der Waals surface area contributed by atoms with Gasteiger partial charge in [-0.2, -0.15) is 13.2 Å². The third kappa shape index (κ3) is 3.61. The van der Waals surface area contributed by atoms with Crippen molar-refractivity contribution in [3.8, 4) is 5.88 Å². The number of pyridine rings is 1. The quantitative estimate of drug-likeness (QED) is 0.781. The lowest BCUT2D eigenvalue weighted by Crippen LogP contribution is -2.16. The number of ether oxygens (including phenoxy) is 2. The number of rotatable bonds is 4. The fraction of sp³-hybridized carbons (Fsp3) is 0.455. The minimum Gasteiger partial charge on any atom is -0.481 e. The van der Waals surface area contributed by atoms with Crippen molar-refractivity contribution in [1.29, 1.82) is 0 Å². The number of hydrogen-bond donors (Lipinski definition) is 0. The van der Waals surface area contributed by atoms with Crippen LogP contribution in [0.4, 0.5) is 13.2 Å². The summed E-state index contributed by atoms with van der Waals surface area (Å²) in [5.74, 6) is -0.744. The zero-order valence-electron chi connectivity index (χ0n) is 9.87. The van der Waals surface area contributed by atoms with E-state index in [0.29, 0.717) is 0 Å². The molecule has 0 bridgehead atoms. The Morgan fingerprint density at radius 3 is 2.56 bits per heavy atom. The molecule has 1 aromatic heterocycles. The highest BCUT2D eigenvalue weighted by Crippen LogP contribution is 2.32. The minimum absolute atomic E-state index is 0.0160. The summed E-state index contributed by atoms with van der Waals surface area (Å²) in [7, 11) is 1.28. The van der Waals surface area contributed by atoms with Crippen LogP contribution < -0.4 is 4.74 Å². The molecular weight excluding hydrogens is 251 g/mol. The van der Waals surface area contributed by atoms with E-state index in [0.717, 1.165) is 12.1 Å². The van der Waals surface area contributed by atoms with Crippen LogP contribution in [-0.2, 0) is 22.1 Å². The summed E-state index contributed by atoms with van der Waals surface area (Å²) < 4.78 is 47.4. The molecule has 4 nitrogen and oxygen atoms in total. The van der Waals surface area contributed by atoms with Crippen molar-refractivity contribution in [2.45, 2.75) is 19.5 Å². The molecule has 0 N–H and O–H groups in total. The monoisotopic (exact) mass is 263 g/mol. The van der Waals surface area contributed by atoms with Crippen LogP contribution in [-0.4, -0.2) is 24.7 Å². The Morgan fingerprint density at radius 1 is 1.39 bits per heavy atom. The number of nitrogens with zero attached hydrogens (tertiary/aromatic N) is 1. The van der Waals surface area contributed by atoms with Crippen molar-refractivity contribution in [3.63, 3.8) is 0 Å². The molecule has 1 rings (SSSR count). The van der Waals surface area contributed by atoms with Crippen molar-refractivity contribution in [2.75, 3.05) is 13.7 Å². The molecular formula is C11H12F3NO3. The maximum Gasteiger partial charge on any atom is 0.418 e. The van der Waals surface area contributed by atoms with Crippen molar-refractivity contribution in [3.05, 3.63) is 23.4 Å². The van der Waals surface area contributed by atoms with Gasteiger partial charge in [-0.05, 0) is 13.0 Å². The summed E-state index contributed by atoms with van der Waals surface area (Å²) in [5, 5.41) is 0. The molecule has 0 aliphatic rings. The molecule has 1 aromatic rings. The first-order chi connectivity index (χ1) is 8.38. The van der Waals surface area contributed by atoms with E-state index in [9.17, 15) is 18.0 Å². The van der Waals surface area contributed by atoms with Gasteiger partial charge in [-0.1, -0.05) is 0 Å². The third-order valence-corrected chi connectivity index (χ3v) is 2.08. The molecule has 0 saturated carbocycles. The van der Waals surface area contributed by atoms with Gasteiger partial charge in [0, 0.05) is 6.07 Å². The van der Waals surface area contributed by atoms with E-state index in [-0.39, 0.29) is 12.5 Å². The second-order valence-corrected chi connectivity index (χ2v) is 3.33. The Balaban J connectivity index is 3.08. The molecule has 100 valence electrons. The van der Waals surface area contributed by atoms with E-state index in [4.69, 9.17) is 4.74 Å². The Morgan fingerprint density at radius 2 is 2.06 bits per heavy atom. The van der Waals surface area contributed by atoms with Crippen LogP contribution in [0.15, 0.2) is 12.1 Å². The van der Waals surface area contributed by atoms with Crippen molar-refractivity contribution in [1.82, 2.24) is 4.98 Å². The summed E-state index contributed by atoms with van der Waals surface area (Å²) in [6, 6.07) is 1.93. The fourth-order valence-electron chi connectivity index (χ4n) is 1.34. The molecule has 1 heterocycles. The average molecular weight is 263 g/mol. The molecule has 0 aliphatic heterocycles. The van der Waals surface area contributed by atoms with Crippen molar-refractivity contribution >= 4 is 5.97 Å². The van der Waals surface area contributed by atoms with Crippen LogP contribution in [0.1, 0.15) is 18.2 Å². The predicted octanol–water partition coefficient (Wildman–Crippen LogP) is 2.21. The zero-order valence-corrected chi connectivity index (χ0v) is 9.87. The molecule has 0 atom stereocenters. The number of hydrogen-bond acceptors (Lipinski definition) is 4. The molecule has 0 spiro atoms. The van der Waals surface area contributed by atoms with E-state index in [1.807, 2.05) is 0 Å². The fourth-order valence-corrected chi connectivity index (χ4v) is 1.34. The molecule has 0 amide bonds. The van der Waals surface area contributed by atoms with Gasteiger partial charge in [-0.25, -0.2) is 4.98 Å². The number of carbonyl (C=O) groups is 1. The minimum atomic E-state index is -4.57. The predicted molar refractivity (Wildman–Crippen MR) is 56.1 cm³/mol. The number of aromatic nitrogens is 1. The highest BCUT2D eigenvalue weighted by atomic mass is 19.4. The number of carbonyl (C=O) groups excluding carboxylic acids is 1. The Kier molecular flexibility index (Phi) is 4.52. The second-order valence-electron chi connectivity index (χ2n) is 3.33. The molecule has 0 radical (unpaired) electrons. The van der Waals surface area contributed by atoms with Gasteiger partial charge in [0.15, 0.2) is 0 Å². The maximum absolute atomic E-state index is 12.7. The standard InChI is InChI=1S/C11H12F3NO3/c1-3-18-10(16)6-8-7(11(12,13)14)4-5-9(15-8)17-2/h4-5H,3,6H2,1-2H3. The Bertz CT molecular complexity index is 432. The van der Waals surface area contributed by atoms with Gasteiger partial charge in [0.05, 0.1) is 31.4 Å². The highest BCUT2D eigenvalue weighted by Gasteiger charge is 2.35. The SMILES string of the molecule is CCOC(=O)Cc1nc(OC)ccc1C(F)(F)F. The zero-order chi connectivity index (χ0) is 13.8. The van der Waals surface area contributed by atoms with E-state index in [2.05, 4.69) is 9.72 Å². The van der Waals surface area contributed by atoms with Gasteiger partial charge < -0.3 is 9.47 Å². The summed E-state index contributed by atoms with van der Waals surface area (Å²) in [5.41, 5.74) is -1.36. The first-order valence-electron chi connectivity index (χ1n) is 5.15. The first kappa shape index (κ1) is 14.3. The van der Waals surface area contributed by atoms with Crippen molar-refractivity contribution < 1.29 is 27.4 Å². The van der Waals surface area contributed by atoms with Crippen LogP contribution in [0.2, 0.25) is 0 Å². The van der Waals surface area contributed by atoms with E-state index in [1.165, 1.54) is 7.11 Å². The lowest BCUT2D eigenvalue weighted by molar-refractivity contribution is -0.143. The molecule has 18 heavy (non-hydrogen) atoms. The molecule has 0 saturated heterocycles. The summed E-state index contributed by atoms with van der Waals surface area (Å²) >= 11 is 0. The van der Waals surface area contributed by atoms with Crippen molar-refractivity contribution in [2.24, 2.45) is 0 Å². The summed E-state index contributed by atoms with van der Waals surface area (Å²) in [6.45, 7) is 1.67. The topological polar surface area (TPSA) is 48.4 Å². The lowest BCUT2D eigenvalue weighted by atomic mass is 10.1. The summed E-state index contributed by atoms with van der Waals surface area (Å²) in [6.07, 6.45) is -5.11. The molecule has 7 heteroatoms.